The Morgan fingerprint density at radius 1 is 0.413 bits per heavy atom. The van der Waals surface area contributed by atoms with E-state index in [2.05, 4.69) is 176 Å². The fraction of sp³-hybridized carbons (Fsp3) is 0.0435. The van der Waals surface area contributed by atoms with E-state index in [9.17, 15) is 0 Å². The van der Waals surface area contributed by atoms with Crippen molar-refractivity contribution in [1.29, 1.82) is 0 Å². The molecule has 0 nitrogen and oxygen atoms in total. The Hall–Kier alpha value is -5.72. The minimum atomic E-state index is 0.332. The second-order valence-electron chi connectivity index (χ2n) is 12.4. The summed E-state index contributed by atoms with van der Waals surface area (Å²) in [7, 11) is 0. The number of fused-ring (bicyclic) bond motifs is 4. The van der Waals surface area contributed by atoms with E-state index >= 15 is 0 Å². The number of hydrogen-bond acceptors (Lipinski definition) is 0. The Morgan fingerprint density at radius 3 is 1.83 bits per heavy atom. The van der Waals surface area contributed by atoms with E-state index in [1.807, 2.05) is 0 Å². The summed E-state index contributed by atoms with van der Waals surface area (Å²) in [6.07, 6.45) is 5.62. The highest BCUT2D eigenvalue weighted by Gasteiger charge is 2.22. The van der Waals surface area contributed by atoms with Crippen LogP contribution < -0.4 is 0 Å². The molecule has 0 fully saturated rings. The molecule has 0 heterocycles. The lowest BCUT2D eigenvalue weighted by molar-refractivity contribution is 0.821. The average Bonchev–Trinajstić information content (AvgIpc) is 3.13. The molecule has 0 aliphatic heterocycles. The van der Waals surface area contributed by atoms with Crippen molar-refractivity contribution >= 4 is 38.4 Å². The van der Waals surface area contributed by atoms with Gasteiger partial charge in [0.05, 0.1) is 0 Å². The van der Waals surface area contributed by atoms with Crippen molar-refractivity contribution in [2.75, 3.05) is 0 Å². The van der Waals surface area contributed by atoms with Crippen molar-refractivity contribution < 1.29 is 0 Å². The van der Waals surface area contributed by atoms with Gasteiger partial charge in [-0.1, -0.05) is 164 Å². The third-order valence-corrected chi connectivity index (χ3v) is 9.81. The Balaban J connectivity index is 1.38. The van der Waals surface area contributed by atoms with Crippen molar-refractivity contribution in [2.24, 2.45) is 0 Å². The molecule has 1 aliphatic carbocycles. The first kappa shape index (κ1) is 26.7. The van der Waals surface area contributed by atoms with Gasteiger partial charge in [0, 0.05) is 5.92 Å². The summed E-state index contributed by atoms with van der Waals surface area (Å²) in [6.45, 7) is 0. The van der Waals surface area contributed by atoms with Crippen molar-refractivity contribution in [1.82, 2.24) is 0 Å². The minimum absolute atomic E-state index is 0.332. The molecule has 1 aliphatic rings. The zero-order valence-electron chi connectivity index (χ0n) is 25.5. The Bertz CT molecular complexity index is 2420. The van der Waals surface area contributed by atoms with Crippen molar-refractivity contribution in [3.63, 3.8) is 0 Å². The van der Waals surface area contributed by atoms with Gasteiger partial charge in [0.15, 0.2) is 0 Å². The molecule has 0 saturated carbocycles. The van der Waals surface area contributed by atoms with Crippen LogP contribution in [0.4, 0.5) is 0 Å². The maximum atomic E-state index is 2.49. The van der Waals surface area contributed by atoms with Crippen LogP contribution in [0.15, 0.2) is 170 Å². The van der Waals surface area contributed by atoms with Crippen LogP contribution in [0.5, 0.6) is 0 Å². The summed E-state index contributed by atoms with van der Waals surface area (Å²) in [6, 6.07) is 60.5. The van der Waals surface area contributed by atoms with Gasteiger partial charge in [-0.2, -0.15) is 0 Å². The predicted molar refractivity (Wildman–Crippen MR) is 197 cm³/mol. The molecule has 216 valence electrons. The highest BCUT2D eigenvalue weighted by atomic mass is 14.3. The van der Waals surface area contributed by atoms with Crippen LogP contribution in [0.3, 0.4) is 0 Å². The van der Waals surface area contributed by atoms with E-state index in [1.54, 1.807) is 0 Å². The fourth-order valence-corrected chi connectivity index (χ4v) is 7.69. The standard InChI is InChI=1S/C46H32/c1-3-15-33(16-4-1)45-41-27-25-36(40-24-12-20-32-14-8-10-22-38(32)40)30-44(41)46(34-17-5-2-6-18-34)42-28-26-35(29-43(42)45)39-23-11-19-31-13-7-9-21-37(31)39/h1-23,25-30,40H,24H2. The normalized spacial score (nSPS) is 14.1. The smallest absolute Gasteiger partial charge is 0.0130 e. The highest BCUT2D eigenvalue weighted by molar-refractivity contribution is 6.22. The summed E-state index contributed by atoms with van der Waals surface area (Å²) in [5.74, 6) is 0.332. The topological polar surface area (TPSA) is 0 Å². The van der Waals surface area contributed by atoms with Crippen LogP contribution in [0.25, 0.3) is 71.8 Å². The summed E-state index contributed by atoms with van der Waals surface area (Å²) >= 11 is 0. The molecule has 8 aromatic carbocycles. The molecule has 8 aromatic rings. The number of allylic oxidation sites excluding steroid dienone is 1. The van der Waals surface area contributed by atoms with Gasteiger partial charge in [-0.3, -0.25) is 0 Å². The molecule has 0 radical (unpaired) electrons. The molecule has 9 rings (SSSR count). The van der Waals surface area contributed by atoms with Gasteiger partial charge in [0.2, 0.25) is 0 Å². The molecule has 0 bridgehead atoms. The van der Waals surface area contributed by atoms with E-state index in [4.69, 9.17) is 0 Å². The number of rotatable bonds is 4. The lowest BCUT2D eigenvalue weighted by Crippen LogP contribution is -2.05. The van der Waals surface area contributed by atoms with E-state index in [-0.39, 0.29) is 0 Å². The zero-order valence-corrected chi connectivity index (χ0v) is 25.5. The van der Waals surface area contributed by atoms with Gasteiger partial charge in [0.25, 0.3) is 0 Å². The quantitative estimate of drug-likeness (QED) is 0.181. The zero-order chi connectivity index (χ0) is 30.5. The molecule has 0 aromatic heterocycles. The van der Waals surface area contributed by atoms with E-state index in [1.165, 1.54) is 82.4 Å². The minimum Gasteiger partial charge on any atom is -0.0830 e. The molecule has 46 heavy (non-hydrogen) atoms. The third kappa shape index (κ3) is 4.37. The Morgan fingerprint density at radius 2 is 1.04 bits per heavy atom. The molecule has 1 atom stereocenters. The SMILES string of the molecule is C1=Cc2ccccc2C(c2ccc3c(-c4ccccc4)c4cc(-c5cccc6ccccc56)ccc4c(-c4ccccc4)c3c2)C1. The van der Waals surface area contributed by atoms with Crippen molar-refractivity contribution in [3.05, 3.63) is 187 Å². The van der Waals surface area contributed by atoms with E-state index in [0.29, 0.717) is 5.92 Å². The maximum absolute atomic E-state index is 2.49. The Kier molecular flexibility index (Phi) is 6.39. The molecule has 0 spiro atoms. The molecular weight excluding hydrogens is 553 g/mol. The van der Waals surface area contributed by atoms with Crippen LogP contribution in [-0.4, -0.2) is 0 Å². The molecule has 0 N–H and O–H groups in total. The molecule has 1 unspecified atom stereocenters. The van der Waals surface area contributed by atoms with Gasteiger partial charge in [-0.25, -0.2) is 0 Å². The lowest BCUT2D eigenvalue weighted by Gasteiger charge is -2.24. The van der Waals surface area contributed by atoms with E-state index < -0.39 is 0 Å². The van der Waals surface area contributed by atoms with Crippen LogP contribution >= 0.6 is 0 Å². The van der Waals surface area contributed by atoms with Crippen LogP contribution in [0.2, 0.25) is 0 Å². The third-order valence-electron chi connectivity index (χ3n) is 9.81. The fourth-order valence-electron chi connectivity index (χ4n) is 7.69. The van der Waals surface area contributed by atoms with Crippen LogP contribution in [0.1, 0.15) is 29.0 Å². The molecule has 0 heteroatoms. The van der Waals surface area contributed by atoms with Gasteiger partial charge < -0.3 is 0 Å². The van der Waals surface area contributed by atoms with Gasteiger partial charge >= 0.3 is 0 Å². The number of hydrogen-bond donors (Lipinski definition) is 0. The van der Waals surface area contributed by atoms with Gasteiger partial charge in [0.1, 0.15) is 0 Å². The van der Waals surface area contributed by atoms with Crippen molar-refractivity contribution in [3.8, 4) is 33.4 Å². The highest BCUT2D eigenvalue weighted by Crippen LogP contribution is 2.47. The monoisotopic (exact) mass is 584 g/mol. The summed E-state index contributed by atoms with van der Waals surface area (Å²) in [4.78, 5) is 0. The van der Waals surface area contributed by atoms with Gasteiger partial charge in [-0.15, -0.1) is 0 Å². The second kappa shape index (κ2) is 11.0. The predicted octanol–water partition coefficient (Wildman–Crippen LogP) is 12.7. The molecule has 0 amide bonds. The average molecular weight is 585 g/mol. The van der Waals surface area contributed by atoms with E-state index in [0.717, 1.165) is 6.42 Å². The summed E-state index contributed by atoms with van der Waals surface area (Å²) in [5.41, 5.74) is 11.7. The molecule has 0 saturated heterocycles. The first-order chi connectivity index (χ1) is 22.8. The second-order valence-corrected chi connectivity index (χ2v) is 12.4. The lowest BCUT2D eigenvalue weighted by atomic mass is 9.79. The number of benzene rings is 8. The Labute approximate surface area is 269 Å². The molecular formula is C46H32. The van der Waals surface area contributed by atoms with Crippen LogP contribution in [0, 0.1) is 0 Å². The summed E-state index contributed by atoms with van der Waals surface area (Å²) < 4.78 is 0. The van der Waals surface area contributed by atoms with Crippen LogP contribution in [-0.2, 0) is 0 Å². The summed E-state index contributed by atoms with van der Waals surface area (Å²) in [5, 5.41) is 7.69. The van der Waals surface area contributed by atoms with Gasteiger partial charge in [-0.05, 0) is 101 Å². The largest absolute Gasteiger partial charge is 0.0830 e. The van der Waals surface area contributed by atoms with Crippen molar-refractivity contribution in [2.45, 2.75) is 12.3 Å². The first-order valence-electron chi connectivity index (χ1n) is 16.2. The maximum Gasteiger partial charge on any atom is 0.0130 e. The first-order valence-corrected chi connectivity index (χ1v) is 16.2.